The summed E-state index contributed by atoms with van der Waals surface area (Å²) in [7, 11) is -1.42. The Morgan fingerprint density at radius 2 is 2.05 bits per heavy atom. The van der Waals surface area contributed by atoms with Crippen LogP contribution in [0.2, 0.25) is 5.02 Å². The number of hydrogen-bond donors (Lipinski definition) is 1. The second-order valence-corrected chi connectivity index (χ2v) is 7.40. The van der Waals surface area contributed by atoms with E-state index in [2.05, 4.69) is 5.32 Å². The molecule has 0 aromatic heterocycles. The van der Waals surface area contributed by atoms with E-state index < -0.39 is 9.84 Å². The minimum Gasteiger partial charge on any atom is -0.493 e. The highest BCUT2D eigenvalue weighted by Crippen LogP contribution is 2.34. The van der Waals surface area contributed by atoms with Gasteiger partial charge in [-0.1, -0.05) is 18.5 Å². The number of halogens is 1. The van der Waals surface area contributed by atoms with Crippen LogP contribution < -0.4 is 14.8 Å². The molecule has 5 nitrogen and oxygen atoms in total. The van der Waals surface area contributed by atoms with Gasteiger partial charge in [-0.15, -0.1) is 0 Å². The third-order valence-electron chi connectivity index (χ3n) is 2.79. The van der Waals surface area contributed by atoms with Crippen LogP contribution in [0.15, 0.2) is 12.1 Å². The molecule has 1 rings (SSSR count). The largest absolute Gasteiger partial charge is 0.493 e. The molecular weight excluding hydrogens is 314 g/mol. The molecule has 0 atom stereocenters. The molecule has 0 fully saturated rings. The molecule has 120 valence electrons. The van der Waals surface area contributed by atoms with Crippen LogP contribution in [-0.4, -0.2) is 40.7 Å². The van der Waals surface area contributed by atoms with Gasteiger partial charge in [0.15, 0.2) is 11.5 Å². The maximum Gasteiger partial charge on any atom is 0.165 e. The maximum atomic E-state index is 11.1. The van der Waals surface area contributed by atoms with Crippen molar-refractivity contribution in [3.05, 3.63) is 22.7 Å². The zero-order chi connectivity index (χ0) is 15.9. The molecule has 1 N–H and O–H groups in total. The van der Waals surface area contributed by atoms with Crippen LogP contribution >= 0.6 is 11.6 Å². The smallest absolute Gasteiger partial charge is 0.165 e. The van der Waals surface area contributed by atoms with Gasteiger partial charge in [0.05, 0.1) is 19.5 Å². The molecular formula is C14H22ClNO4S. The summed E-state index contributed by atoms with van der Waals surface area (Å²) in [6, 6.07) is 3.50. The Hall–Kier alpha value is -0.980. The van der Waals surface area contributed by atoms with Gasteiger partial charge in [-0.2, -0.15) is 0 Å². The predicted octanol–water partition coefficient (Wildman–Crippen LogP) is 2.27. The SMILES string of the molecule is CCNCc1cc(Cl)cc(OC)c1OCCCS(C)(=O)=O. The molecule has 1 aromatic carbocycles. The van der Waals surface area contributed by atoms with Crippen LogP contribution in [0, 0.1) is 0 Å². The Bertz CT molecular complexity index is 560. The van der Waals surface area contributed by atoms with Crippen molar-refractivity contribution >= 4 is 21.4 Å². The monoisotopic (exact) mass is 335 g/mol. The predicted molar refractivity (Wildman–Crippen MR) is 85.2 cm³/mol. The van der Waals surface area contributed by atoms with Crippen molar-refractivity contribution in [1.29, 1.82) is 0 Å². The van der Waals surface area contributed by atoms with Gasteiger partial charge in [0.25, 0.3) is 0 Å². The first-order valence-electron chi connectivity index (χ1n) is 6.75. The standard InChI is InChI=1S/C14H22ClNO4S/c1-4-16-10-11-8-12(15)9-13(19-2)14(11)20-6-5-7-21(3,17)18/h8-9,16H,4-7,10H2,1-3H3. The Morgan fingerprint density at radius 3 is 2.62 bits per heavy atom. The fourth-order valence-corrected chi connectivity index (χ4v) is 2.70. The molecule has 7 heteroatoms. The number of methoxy groups -OCH3 is 1. The van der Waals surface area contributed by atoms with Gasteiger partial charge in [-0.05, 0) is 19.0 Å². The van der Waals surface area contributed by atoms with E-state index in [9.17, 15) is 8.42 Å². The van der Waals surface area contributed by atoms with E-state index in [4.69, 9.17) is 21.1 Å². The van der Waals surface area contributed by atoms with Crippen molar-refractivity contribution in [3.8, 4) is 11.5 Å². The lowest BCUT2D eigenvalue weighted by atomic mass is 10.2. The number of sulfone groups is 1. The van der Waals surface area contributed by atoms with E-state index in [1.807, 2.05) is 13.0 Å². The van der Waals surface area contributed by atoms with Crippen LogP contribution in [0.4, 0.5) is 0 Å². The first kappa shape index (κ1) is 18.1. The molecule has 0 unspecified atom stereocenters. The number of benzene rings is 1. The zero-order valence-corrected chi connectivity index (χ0v) is 14.2. The van der Waals surface area contributed by atoms with Crippen molar-refractivity contribution in [3.63, 3.8) is 0 Å². The van der Waals surface area contributed by atoms with Gasteiger partial charge in [-0.25, -0.2) is 8.42 Å². The average Bonchev–Trinajstić information content (AvgIpc) is 2.40. The zero-order valence-electron chi connectivity index (χ0n) is 12.6. The number of nitrogens with one attached hydrogen (secondary N) is 1. The highest BCUT2D eigenvalue weighted by atomic mass is 35.5. The summed E-state index contributed by atoms with van der Waals surface area (Å²) < 4.78 is 33.2. The Kier molecular flexibility index (Phi) is 7.28. The highest BCUT2D eigenvalue weighted by molar-refractivity contribution is 7.90. The maximum absolute atomic E-state index is 11.1. The normalized spacial score (nSPS) is 11.4. The van der Waals surface area contributed by atoms with Gasteiger partial charge in [0, 0.05) is 29.5 Å². The Morgan fingerprint density at radius 1 is 1.33 bits per heavy atom. The van der Waals surface area contributed by atoms with Crippen LogP contribution in [0.1, 0.15) is 18.9 Å². The second kappa shape index (κ2) is 8.46. The molecule has 0 amide bonds. The van der Waals surface area contributed by atoms with E-state index in [1.54, 1.807) is 13.2 Å². The van der Waals surface area contributed by atoms with Crippen molar-refractivity contribution in [2.24, 2.45) is 0 Å². The van der Waals surface area contributed by atoms with Gasteiger partial charge in [0.2, 0.25) is 0 Å². The molecule has 0 aliphatic carbocycles. The van der Waals surface area contributed by atoms with E-state index in [1.165, 1.54) is 6.26 Å². The van der Waals surface area contributed by atoms with Crippen LogP contribution in [-0.2, 0) is 16.4 Å². The first-order valence-corrected chi connectivity index (χ1v) is 9.19. The topological polar surface area (TPSA) is 64.6 Å². The summed E-state index contributed by atoms with van der Waals surface area (Å²) in [5.41, 5.74) is 0.889. The average molecular weight is 336 g/mol. The molecule has 0 saturated carbocycles. The van der Waals surface area contributed by atoms with E-state index in [0.29, 0.717) is 36.1 Å². The third kappa shape index (κ3) is 6.54. The lowest BCUT2D eigenvalue weighted by Crippen LogP contribution is -2.14. The van der Waals surface area contributed by atoms with Gasteiger partial charge in [-0.3, -0.25) is 0 Å². The first-order chi connectivity index (χ1) is 9.87. The fourth-order valence-electron chi connectivity index (χ4n) is 1.82. The number of ether oxygens (including phenoxy) is 2. The molecule has 0 saturated heterocycles. The van der Waals surface area contributed by atoms with Crippen molar-refractivity contribution in [2.75, 3.05) is 32.3 Å². The molecule has 0 heterocycles. The quantitative estimate of drug-likeness (QED) is 0.701. The summed E-state index contributed by atoms with van der Waals surface area (Å²) in [6.07, 6.45) is 1.65. The van der Waals surface area contributed by atoms with E-state index in [-0.39, 0.29) is 5.75 Å². The van der Waals surface area contributed by atoms with Crippen molar-refractivity contribution in [2.45, 2.75) is 19.9 Å². The lowest BCUT2D eigenvalue weighted by molar-refractivity contribution is 0.291. The minimum absolute atomic E-state index is 0.103. The third-order valence-corrected chi connectivity index (χ3v) is 4.04. The van der Waals surface area contributed by atoms with Gasteiger partial charge in [0.1, 0.15) is 9.84 Å². The minimum atomic E-state index is -2.97. The second-order valence-electron chi connectivity index (χ2n) is 4.71. The molecule has 0 radical (unpaired) electrons. The van der Waals surface area contributed by atoms with Crippen molar-refractivity contribution in [1.82, 2.24) is 5.32 Å². The summed E-state index contributed by atoms with van der Waals surface area (Å²) in [5, 5.41) is 3.78. The Balaban J connectivity index is 2.81. The molecule has 0 aliphatic rings. The fraction of sp³-hybridized carbons (Fsp3) is 0.571. The van der Waals surface area contributed by atoms with E-state index in [0.717, 1.165) is 12.1 Å². The number of hydrogen-bond acceptors (Lipinski definition) is 5. The summed E-state index contributed by atoms with van der Waals surface area (Å²) in [6.45, 7) is 3.75. The van der Waals surface area contributed by atoms with Crippen LogP contribution in [0.25, 0.3) is 0 Å². The molecule has 0 spiro atoms. The summed E-state index contributed by atoms with van der Waals surface area (Å²) in [5.74, 6) is 1.26. The molecule has 0 bridgehead atoms. The molecule has 21 heavy (non-hydrogen) atoms. The Labute approximate surface area is 131 Å². The lowest BCUT2D eigenvalue weighted by Gasteiger charge is -2.16. The van der Waals surface area contributed by atoms with Crippen LogP contribution in [0.3, 0.4) is 0 Å². The molecule has 0 aliphatic heterocycles. The van der Waals surface area contributed by atoms with Gasteiger partial charge < -0.3 is 14.8 Å². The highest BCUT2D eigenvalue weighted by Gasteiger charge is 2.13. The summed E-state index contributed by atoms with van der Waals surface area (Å²) >= 11 is 6.06. The van der Waals surface area contributed by atoms with Crippen molar-refractivity contribution < 1.29 is 17.9 Å². The van der Waals surface area contributed by atoms with Crippen LogP contribution in [0.5, 0.6) is 11.5 Å². The van der Waals surface area contributed by atoms with E-state index >= 15 is 0 Å². The summed E-state index contributed by atoms with van der Waals surface area (Å²) in [4.78, 5) is 0. The van der Waals surface area contributed by atoms with Gasteiger partial charge >= 0.3 is 0 Å². The molecule has 1 aromatic rings. The number of rotatable bonds is 9.